The first-order chi connectivity index (χ1) is 11.4. The van der Waals surface area contributed by atoms with Crippen LogP contribution >= 0.6 is 11.6 Å². The molecular formula is C16H22ClN3O4. The average Bonchev–Trinajstić information content (AvgIpc) is 2.51. The van der Waals surface area contributed by atoms with E-state index in [9.17, 15) is 9.59 Å². The predicted molar refractivity (Wildman–Crippen MR) is 91.4 cm³/mol. The zero-order valence-corrected chi connectivity index (χ0v) is 14.5. The van der Waals surface area contributed by atoms with Crippen molar-refractivity contribution in [2.75, 3.05) is 25.0 Å². The predicted octanol–water partition coefficient (Wildman–Crippen LogP) is 1.84. The van der Waals surface area contributed by atoms with E-state index in [1.807, 2.05) is 13.8 Å². The minimum Gasteiger partial charge on any atom is -0.489 e. The lowest BCUT2D eigenvalue weighted by Gasteiger charge is -2.34. The van der Waals surface area contributed by atoms with Gasteiger partial charge >= 0.3 is 6.03 Å². The lowest BCUT2D eigenvalue weighted by atomic mass is 10.1. The fourth-order valence-corrected chi connectivity index (χ4v) is 2.72. The molecule has 1 atom stereocenters. The number of urea groups is 1. The molecule has 0 aliphatic carbocycles. The van der Waals surface area contributed by atoms with E-state index in [4.69, 9.17) is 21.4 Å². The Kier molecular flexibility index (Phi) is 6.28. The number of hydrogen-bond acceptors (Lipinski definition) is 4. The maximum Gasteiger partial charge on any atom is 0.322 e. The Labute approximate surface area is 145 Å². The van der Waals surface area contributed by atoms with Gasteiger partial charge in [0.2, 0.25) is 5.91 Å². The number of carbonyl (C=O) groups is 2. The van der Waals surface area contributed by atoms with E-state index in [1.165, 1.54) is 4.90 Å². The van der Waals surface area contributed by atoms with Gasteiger partial charge in [0.15, 0.2) is 0 Å². The van der Waals surface area contributed by atoms with Gasteiger partial charge < -0.3 is 25.4 Å². The number of aliphatic hydroxyl groups excluding tert-OH is 1. The molecule has 8 heteroatoms. The summed E-state index contributed by atoms with van der Waals surface area (Å²) in [6.07, 6.45) is 0.190. The van der Waals surface area contributed by atoms with E-state index in [-0.39, 0.29) is 25.0 Å². The smallest absolute Gasteiger partial charge is 0.322 e. The Bertz CT molecular complexity index is 609. The van der Waals surface area contributed by atoms with Gasteiger partial charge in [-0.25, -0.2) is 4.79 Å². The number of anilines is 1. The molecule has 1 saturated heterocycles. The Morgan fingerprint density at radius 3 is 2.92 bits per heavy atom. The number of amides is 3. The Balaban J connectivity index is 2.08. The van der Waals surface area contributed by atoms with Crippen LogP contribution in [0.5, 0.6) is 5.75 Å². The van der Waals surface area contributed by atoms with Gasteiger partial charge in [-0.05, 0) is 38.5 Å². The Hall–Kier alpha value is -1.99. The van der Waals surface area contributed by atoms with Gasteiger partial charge in [0.25, 0.3) is 0 Å². The minimum absolute atomic E-state index is 0.00552. The largest absolute Gasteiger partial charge is 0.489 e. The molecule has 1 fully saturated rings. The third-order valence-electron chi connectivity index (χ3n) is 3.54. The van der Waals surface area contributed by atoms with Crippen LogP contribution in [-0.2, 0) is 4.79 Å². The van der Waals surface area contributed by atoms with Crippen molar-refractivity contribution in [1.29, 1.82) is 0 Å². The third-order valence-corrected chi connectivity index (χ3v) is 3.84. The molecule has 1 aromatic carbocycles. The molecule has 24 heavy (non-hydrogen) atoms. The number of piperazine rings is 1. The number of ether oxygens (including phenoxy) is 1. The Morgan fingerprint density at radius 1 is 1.54 bits per heavy atom. The van der Waals surface area contributed by atoms with E-state index in [1.54, 1.807) is 18.2 Å². The fourth-order valence-electron chi connectivity index (χ4n) is 2.49. The van der Waals surface area contributed by atoms with E-state index >= 15 is 0 Å². The molecule has 1 aliphatic heterocycles. The van der Waals surface area contributed by atoms with Crippen LogP contribution in [0.3, 0.4) is 0 Å². The number of carbonyl (C=O) groups excluding carboxylic acids is 2. The van der Waals surface area contributed by atoms with Crippen molar-refractivity contribution < 1.29 is 19.4 Å². The fraction of sp³-hybridized carbons (Fsp3) is 0.500. The molecule has 7 nitrogen and oxygen atoms in total. The van der Waals surface area contributed by atoms with Crippen LogP contribution in [0.2, 0.25) is 5.02 Å². The first kappa shape index (κ1) is 18.4. The van der Waals surface area contributed by atoms with Crippen LogP contribution in [0.1, 0.15) is 20.3 Å². The van der Waals surface area contributed by atoms with Crippen LogP contribution in [0.15, 0.2) is 18.2 Å². The van der Waals surface area contributed by atoms with Crippen molar-refractivity contribution in [3.05, 3.63) is 23.2 Å². The number of halogens is 1. The highest BCUT2D eigenvalue weighted by Gasteiger charge is 2.32. The van der Waals surface area contributed by atoms with Gasteiger partial charge in [-0.2, -0.15) is 0 Å². The maximum absolute atomic E-state index is 12.5. The zero-order chi connectivity index (χ0) is 17.7. The third kappa shape index (κ3) is 4.52. The maximum atomic E-state index is 12.5. The molecule has 3 N–H and O–H groups in total. The second-order valence-corrected chi connectivity index (χ2v) is 6.16. The number of rotatable bonds is 5. The standard InChI is InChI=1S/C16H22ClN3O4/c1-10(2)24-14-4-3-11(9-12(14)17)19-16(23)20-7-6-18-15(22)13(20)5-8-21/h3-4,9-10,13,21H,5-8H2,1-2H3,(H,18,22)(H,19,23). The number of benzene rings is 1. The van der Waals surface area contributed by atoms with E-state index < -0.39 is 12.1 Å². The van der Waals surface area contributed by atoms with E-state index in [0.717, 1.165) is 0 Å². The van der Waals surface area contributed by atoms with Gasteiger partial charge in [-0.3, -0.25) is 4.79 Å². The van der Waals surface area contributed by atoms with Crippen molar-refractivity contribution in [2.45, 2.75) is 32.4 Å². The summed E-state index contributed by atoms with van der Waals surface area (Å²) in [5, 5.41) is 14.9. The number of nitrogens with one attached hydrogen (secondary N) is 2. The summed E-state index contributed by atoms with van der Waals surface area (Å²) in [6.45, 7) is 4.39. The van der Waals surface area contributed by atoms with Crippen LogP contribution < -0.4 is 15.4 Å². The summed E-state index contributed by atoms with van der Waals surface area (Å²) in [5.74, 6) is 0.282. The van der Waals surface area contributed by atoms with E-state index in [0.29, 0.717) is 29.5 Å². The van der Waals surface area contributed by atoms with Crippen LogP contribution in [0.4, 0.5) is 10.5 Å². The number of nitrogens with zero attached hydrogens (tertiary/aromatic N) is 1. The number of aliphatic hydroxyl groups is 1. The SMILES string of the molecule is CC(C)Oc1ccc(NC(=O)N2CCNC(=O)C2CCO)cc1Cl. The molecule has 0 spiro atoms. The molecule has 0 aromatic heterocycles. The van der Waals surface area contributed by atoms with Crippen molar-refractivity contribution in [3.63, 3.8) is 0 Å². The highest BCUT2D eigenvalue weighted by molar-refractivity contribution is 6.32. The molecule has 0 saturated carbocycles. The van der Waals surface area contributed by atoms with Gasteiger partial charge in [0.05, 0.1) is 11.1 Å². The summed E-state index contributed by atoms with van der Waals surface area (Å²) in [6, 6.07) is 3.89. The molecule has 0 bridgehead atoms. The monoisotopic (exact) mass is 355 g/mol. The molecule has 3 amide bonds. The lowest BCUT2D eigenvalue weighted by molar-refractivity contribution is -0.128. The highest BCUT2D eigenvalue weighted by atomic mass is 35.5. The normalized spacial score (nSPS) is 17.6. The molecule has 1 aromatic rings. The highest BCUT2D eigenvalue weighted by Crippen LogP contribution is 2.28. The van der Waals surface area contributed by atoms with Crippen LogP contribution in [-0.4, -0.2) is 53.8 Å². The van der Waals surface area contributed by atoms with Gasteiger partial charge in [0.1, 0.15) is 11.8 Å². The summed E-state index contributed by atoms with van der Waals surface area (Å²) in [5.41, 5.74) is 0.509. The molecule has 132 valence electrons. The van der Waals surface area contributed by atoms with Crippen molar-refractivity contribution >= 4 is 29.2 Å². The zero-order valence-electron chi connectivity index (χ0n) is 13.7. The molecule has 2 rings (SSSR count). The summed E-state index contributed by atoms with van der Waals surface area (Å²) in [7, 11) is 0. The first-order valence-electron chi connectivity index (χ1n) is 7.84. The van der Waals surface area contributed by atoms with Gasteiger partial charge in [-0.15, -0.1) is 0 Å². The average molecular weight is 356 g/mol. The Morgan fingerprint density at radius 2 is 2.29 bits per heavy atom. The van der Waals surface area contributed by atoms with E-state index in [2.05, 4.69) is 10.6 Å². The topological polar surface area (TPSA) is 90.9 Å². The van der Waals surface area contributed by atoms with Crippen molar-refractivity contribution in [2.24, 2.45) is 0 Å². The quantitative estimate of drug-likeness (QED) is 0.751. The molecular weight excluding hydrogens is 334 g/mol. The molecule has 1 unspecified atom stereocenters. The summed E-state index contributed by atoms with van der Waals surface area (Å²) < 4.78 is 5.55. The van der Waals surface area contributed by atoms with Crippen LogP contribution in [0.25, 0.3) is 0 Å². The summed E-state index contributed by atoms with van der Waals surface area (Å²) in [4.78, 5) is 25.7. The van der Waals surface area contributed by atoms with Crippen molar-refractivity contribution in [3.8, 4) is 5.75 Å². The van der Waals surface area contributed by atoms with Gasteiger partial charge in [-0.1, -0.05) is 11.6 Å². The molecule has 0 radical (unpaired) electrons. The van der Waals surface area contributed by atoms with Crippen LogP contribution in [0, 0.1) is 0 Å². The summed E-state index contributed by atoms with van der Waals surface area (Å²) >= 11 is 6.16. The van der Waals surface area contributed by atoms with Gasteiger partial charge in [0, 0.05) is 25.4 Å². The molecule has 1 aliphatic rings. The first-order valence-corrected chi connectivity index (χ1v) is 8.22. The minimum atomic E-state index is -0.678. The second-order valence-electron chi connectivity index (χ2n) is 5.75. The van der Waals surface area contributed by atoms with Crippen molar-refractivity contribution in [1.82, 2.24) is 10.2 Å². The lowest BCUT2D eigenvalue weighted by Crippen LogP contribution is -2.58. The molecule has 1 heterocycles. The second kappa shape index (κ2) is 8.21. The number of hydrogen-bond donors (Lipinski definition) is 3.